The van der Waals surface area contributed by atoms with Gasteiger partial charge >= 0.3 is 5.97 Å². The van der Waals surface area contributed by atoms with Crippen LogP contribution in [0.2, 0.25) is 0 Å². The Balaban J connectivity index is 2.07. The molecule has 2 aromatic rings. The maximum atomic E-state index is 13.5. The van der Waals surface area contributed by atoms with E-state index in [1.54, 1.807) is 25.1 Å². The topological polar surface area (TPSA) is 73.9 Å². The molecule has 1 N–H and O–H groups in total. The molecule has 25 heavy (non-hydrogen) atoms. The van der Waals surface area contributed by atoms with Crippen LogP contribution in [0.5, 0.6) is 11.5 Å². The Morgan fingerprint density at radius 3 is 2.52 bits per heavy atom. The lowest BCUT2D eigenvalue weighted by Crippen LogP contribution is -2.21. The summed E-state index contributed by atoms with van der Waals surface area (Å²) in [5.41, 5.74) is 0.960. The third kappa shape index (κ3) is 4.69. The zero-order valence-corrected chi connectivity index (χ0v) is 14.1. The largest absolute Gasteiger partial charge is 0.497 e. The van der Waals surface area contributed by atoms with Crippen molar-refractivity contribution >= 4 is 17.6 Å². The molecule has 1 amide bonds. The number of methoxy groups -OCH3 is 2. The van der Waals surface area contributed by atoms with Crippen LogP contribution in [-0.4, -0.2) is 32.7 Å². The van der Waals surface area contributed by atoms with E-state index in [1.807, 2.05) is 0 Å². The highest BCUT2D eigenvalue weighted by molar-refractivity contribution is 5.94. The van der Waals surface area contributed by atoms with Gasteiger partial charge in [-0.1, -0.05) is 6.07 Å². The maximum Gasteiger partial charge on any atom is 0.341 e. The fourth-order valence-corrected chi connectivity index (χ4v) is 2.04. The molecule has 0 atom stereocenters. The van der Waals surface area contributed by atoms with Crippen LogP contribution in [0.1, 0.15) is 15.9 Å². The van der Waals surface area contributed by atoms with E-state index >= 15 is 0 Å². The predicted molar refractivity (Wildman–Crippen MR) is 89.6 cm³/mol. The number of carbonyl (C=O) groups is 2. The van der Waals surface area contributed by atoms with Gasteiger partial charge < -0.3 is 19.5 Å². The van der Waals surface area contributed by atoms with Gasteiger partial charge in [0.15, 0.2) is 6.61 Å². The van der Waals surface area contributed by atoms with Crippen LogP contribution in [0, 0.1) is 12.7 Å². The molecule has 0 aromatic heterocycles. The van der Waals surface area contributed by atoms with E-state index in [-0.39, 0.29) is 17.9 Å². The molecule has 0 aliphatic carbocycles. The number of ether oxygens (including phenoxy) is 3. The monoisotopic (exact) mass is 347 g/mol. The molecule has 132 valence electrons. The van der Waals surface area contributed by atoms with Crippen LogP contribution in [0.25, 0.3) is 0 Å². The summed E-state index contributed by atoms with van der Waals surface area (Å²) in [6, 6.07) is 8.90. The first-order valence-corrected chi connectivity index (χ1v) is 7.39. The van der Waals surface area contributed by atoms with Gasteiger partial charge in [-0.25, -0.2) is 9.18 Å². The quantitative estimate of drug-likeness (QED) is 0.813. The van der Waals surface area contributed by atoms with Crippen molar-refractivity contribution < 1.29 is 28.2 Å². The van der Waals surface area contributed by atoms with E-state index in [2.05, 4.69) is 10.1 Å². The van der Waals surface area contributed by atoms with Gasteiger partial charge in [0.25, 0.3) is 5.91 Å². The Kier molecular flexibility index (Phi) is 5.94. The number of benzene rings is 2. The highest BCUT2D eigenvalue weighted by atomic mass is 19.1. The van der Waals surface area contributed by atoms with Crippen molar-refractivity contribution in [2.75, 3.05) is 26.1 Å². The minimum atomic E-state index is -0.598. The Morgan fingerprint density at radius 1 is 1.12 bits per heavy atom. The van der Waals surface area contributed by atoms with E-state index in [0.29, 0.717) is 17.0 Å². The number of aryl methyl sites for hydroxylation is 1. The standard InChI is InChI=1S/C18H18FNO5/c1-11-4-5-12(8-15(11)19)20-17(21)10-25-16-9-13(23-2)6-7-14(16)18(22)24-3/h4-9H,10H2,1-3H3,(H,20,21). The summed E-state index contributed by atoms with van der Waals surface area (Å²) < 4.78 is 28.7. The van der Waals surface area contributed by atoms with Gasteiger partial charge in [0.2, 0.25) is 0 Å². The van der Waals surface area contributed by atoms with Crippen LogP contribution < -0.4 is 14.8 Å². The van der Waals surface area contributed by atoms with E-state index in [0.717, 1.165) is 0 Å². The Labute approximate surface area is 144 Å². The van der Waals surface area contributed by atoms with Crippen LogP contribution >= 0.6 is 0 Å². The molecule has 6 nitrogen and oxygen atoms in total. The van der Waals surface area contributed by atoms with Crippen LogP contribution in [0.15, 0.2) is 36.4 Å². The Hall–Kier alpha value is -3.09. The molecular formula is C18H18FNO5. The molecule has 0 aliphatic heterocycles. The SMILES string of the molecule is COC(=O)c1ccc(OC)cc1OCC(=O)Nc1ccc(C)c(F)c1. The second-order valence-corrected chi connectivity index (χ2v) is 5.15. The Morgan fingerprint density at radius 2 is 1.88 bits per heavy atom. The number of halogens is 1. The fraction of sp³-hybridized carbons (Fsp3) is 0.222. The van der Waals surface area contributed by atoms with Crippen molar-refractivity contribution in [3.8, 4) is 11.5 Å². The van der Waals surface area contributed by atoms with Crippen molar-refractivity contribution in [2.45, 2.75) is 6.92 Å². The van der Waals surface area contributed by atoms with Gasteiger partial charge in [0, 0.05) is 11.8 Å². The molecule has 7 heteroatoms. The van der Waals surface area contributed by atoms with Crippen molar-refractivity contribution in [1.82, 2.24) is 0 Å². The maximum absolute atomic E-state index is 13.5. The van der Waals surface area contributed by atoms with Crippen LogP contribution in [0.4, 0.5) is 10.1 Å². The summed E-state index contributed by atoms with van der Waals surface area (Å²) in [6.45, 7) is 1.26. The first-order chi connectivity index (χ1) is 11.9. The molecular weight excluding hydrogens is 329 g/mol. The summed E-state index contributed by atoms with van der Waals surface area (Å²) in [7, 11) is 2.71. The summed E-state index contributed by atoms with van der Waals surface area (Å²) in [5, 5.41) is 2.52. The van der Waals surface area contributed by atoms with E-state index < -0.39 is 17.7 Å². The lowest BCUT2D eigenvalue weighted by molar-refractivity contribution is -0.118. The molecule has 2 rings (SSSR count). The summed E-state index contributed by atoms with van der Waals surface area (Å²) >= 11 is 0. The molecule has 0 fully saturated rings. The summed E-state index contributed by atoms with van der Waals surface area (Å²) in [6.07, 6.45) is 0. The number of esters is 1. The van der Waals surface area contributed by atoms with Gasteiger partial charge in [-0.05, 0) is 36.8 Å². The van der Waals surface area contributed by atoms with Crippen LogP contribution in [-0.2, 0) is 9.53 Å². The first kappa shape index (κ1) is 18.3. The minimum absolute atomic E-state index is 0.149. The first-order valence-electron chi connectivity index (χ1n) is 7.39. The number of carbonyl (C=O) groups excluding carboxylic acids is 2. The molecule has 0 aliphatic rings. The molecule has 2 aromatic carbocycles. The second-order valence-electron chi connectivity index (χ2n) is 5.15. The number of nitrogens with one attached hydrogen (secondary N) is 1. The molecule has 0 spiro atoms. The van der Waals surface area contributed by atoms with Crippen LogP contribution in [0.3, 0.4) is 0 Å². The molecule has 0 saturated carbocycles. The lowest BCUT2D eigenvalue weighted by atomic mass is 10.2. The second kappa shape index (κ2) is 8.14. The Bertz CT molecular complexity index is 791. The van der Waals surface area contributed by atoms with Gasteiger partial charge in [0.1, 0.15) is 22.9 Å². The number of amides is 1. The van der Waals surface area contributed by atoms with Gasteiger partial charge in [0.05, 0.1) is 14.2 Å². The van der Waals surface area contributed by atoms with Crippen molar-refractivity contribution in [1.29, 1.82) is 0 Å². The fourth-order valence-electron chi connectivity index (χ4n) is 2.04. The number of rotatable bonds is 6. The zero-order valence-electron chi connectivity index (χ0n) is 14.1. The number of hydrogen-bond acceptors (Lipinski definition) is 5. The van der Waals surface area contributed by atoms with Gasteiger partial charge in [-0.2, -0.15) is 0 Å². The molecule has 0 saturated heterocycles. The average molecular weight is 347 g/mol. The van der Waals surface area contributed by atoms with E-state index in [4.69, 9.17) is 9.47 Å². The molecule has 0 bridgehead atoms. The number of anilines is 1. The van der Waals surface area contributed by atoms with Gasteiger partial charge in [-0.15, -0.1) is 0 Å². The van der Waals surface area contributed by atoms with Gasteiger partial charge in [-0.3, -0.25) is 4.79 Å². The third-order valence-electron chi connectivity index (χ3n) is 3.41. The number of hydrogen-bond donors (Lipinski definition) is 1. The zero-order chi connectivity index (χ0) is 18.4. The normalized spacial score (nSPS) is 10.1. The van der Waals surface area contributed by atoms with E-state index in [9.17, 15) is 14.0 Å². The summed E-state index contributed by atoms with van der Waals surface area (Å²) in [4.78, 5) is 23.7. The smallest absolute Gasteiger partial charge is 0.341 e. The average Bonchev–Trinajstić information content (AvgIpc) is 2.62. The van der Waals surface area contributed by atoms with Crippen molar-refractivity contribution in [3.63, 3.8) is 0 Å². The third-order valence-corrected chi connectivity index (χ3v) is 3.41. The highest BCUT2D eigenvalue weighted by Gasteiger charge is 2.15. The molecule has 0 radical (unpaired) electrons. The minimum Gasteiger partial charge on any atom is -0.497 e. The molecule has 0 heterocycles. The molecule has 0 unspecified atom stereocenters. The van der Waals surface area contributed by atoms with E-state index in [1.165, 1.54) is 32.4 Å². The summed E-state index contributed by atoms with van der Waals surface area (Å²) in [5.74, 6) is -0.903. The lowest BCUT2D eigenvalue weighted by Gasteiger charge is -2.12. The highest BCUT2D eigenvalue weighted by Crippen LogP contribution is 2.25. The predicted octanol–water partition coefficient (Wildman–Crippen LogP) is 2.95. The van der Waals surface area contributed by atoms with Crippen molar-refractivity contribution in [2.24, 2.45) is 0 Å². The van der Waals surface area contributed by atoms with Crippen molar-refractivity contribution in [3.05, 3.63) is 53.3 Å².